The second-order valence-electron chi connectivity index (χ2n) is 4.92. The molecule has 1 heterocycles. The Hall–Kier alpha value is -2.16. The molecule has 19 heavy (non-hydrogen) atoms. The highest BCUT2D eigenvalue weighted by Gasteiger charge is 2.04. The standard InChI is InChI=1S/C16H20N3/c1-13-5-6-14(2)19(12-13)17-11-15-7-9-16(10-8-15)18(3)4/h5-12H,1-4H3/q+1. The number of anilines is 1. The first-order valence-electron chi connectivity index (χ1n) is 6.37. The van der Waals surface area contributed by atoms with E-state index < -0.39 is 0 Å². The fourth-order valence-electron chi connectivity index (χ4n) is 1.78. The summed E-state index contributed by atoms with van der Waals surface area (Å²) in [5.74, 6) is 0. The van der Waals surface area contributed by atoms with E-state index in [1.54, 1.807) is 0 Å². The number of benzene rings is 1. The van der Waals surface area contributed by atoms with Crippen molar-refractivity contribution in [1.29, 1.82) is 0 Å². The summed E-state index contributed by atoms with van der Waals surface area (Å²) in [6.07, 6.45) is 3.91. The summed E-state index contributed by atoms with van der Waals surface area (Å²) >= 11 is 0. The van der Waals surface area contributed by atoms with Gasteiger partial charge in [-0.15, -0.1) is 0 Å². The first-order valence-corrected chi connectivity index (χ1v) is 6.37. The van der Waals surface area contributed by atoms with Gasteiger partial charge in [-0.3, -0.25) is 0 Å². The van der Waals surface area contributed by atoms with Crippen LogP contribution in [0, 0.1) is 13.8 Å². The van der Waals surface area contributed by atoms with E-state index in [1.165, 1.54) is 11.3 Å². The molecule has 0 aliphatic rings. The lowest BCUT2D eigenvalue weighted by Gasteiger charge is -2.11. The van der Waals surface area contributed by atoms with Gasteiger partial charge in [-0.2, -0.15) is 0 Å². The van der Waals surface area contributed by atoms with Gasteiger partial charge in [0.2, 0.25) is 11.9 Å². The fourth-order valence-corrected chi connectivity index (χ4v) is 1.78. The summed E-state index contributed by atoms with van der Waals surface area (Å²) in [5.41, 5.74) is 4.60. The normalized spacial score (nSPS) is 10.9. The molecule has 0 aliphatic heterocycles. The molecule has 0 aliphatic carbocycles. The third kappa shape index (κ3) is 3.41. The van der Waals surface area contributed by atoms with Crippen molar-refractivity contribution in [3.63, 3.8) is 0 Å². The molecule has 98 valence electrons. The molecule has 3 nitrogen and oxygen atoms in total. The Balaban J connectivity index is 2.20. The van der Waals surface area contributed by atoms with Gasteiger partial charge in [-0.1, -0.05) is 16.8 Å². The van der Waals surface area contributed by atoms with Crippen LogP contribution in [0.15, 0.2) is 47.7 Å². The fraction of sp³-hybridized carbons (Fsp3) is 0.250. The van der Waals surface area contributed by atoms with Crippen LogP contribution in [0.5, 0.6) is 0 Å². The largest absolute Gasteiger partial charge is 0.378 e. The van der Waals surface area contributed by atoms with Crippen LogP contribution < -0.4 is 9.58 Å². The number of hydrogen-bond acceptors (Lipinski definition) is 2. The first kappa shape index (κ1) is 13.3. The number of aromatic nitrogens is 1. The predicted molar refractivity (Wildman–Crippen MR) is 79.9 cm³/mol. The lowest BCUT2D eigenvalue weighted by atomic mass is 10.2. The molecule has 0 fully saturated rings. The summed E-state index contributed by atoms with van der Waals surface area (Å²) in [5, 5.41) is 4.49. The number of pyridine rings is 1. The lowest BCUT2D eigenvalue weighted by molar-refractivity contribution is -0.684. The topological polar surface area (TPSA) is 19.5 Å². The van der Waals surface area contributed by atoms with Crippen molar-refractivity contribution in [2.24, 2.45) is 5.10 Å². The SMILES string of the molecule is Cc1ccc(C)[n+](N=Cc2ccc(N(C)C)cc2)c1. The van der Waals surface area contributed by atoms with Crippen molar-refractivity contribution in [3.05, 3.63) is 59.4 Å². The summed E-state index contributed by atoms with van der Waals surface area (Å²) in [4.78, 5) is 2.08. The average Bonchev–Trinajstić information content (AvgIpc) is 2.40. The van der Waals surface area contributed by atoms with Crippen LogP contribution >= 0.6 is 0 Å². The van der Waals surface area contributed by atoms with Crippen LogP contribution in [-0.4, -0.2) is 20.3 Å². The molecule has 1 aromatic heterocycles. The van der Waals surface area contributed by atoms with E-state index in [0.717, 1.165) is 11.3 Å². The molecule has 0 atom stereocenters. The number of hydrogen-bond donors (Lipinski definition) is 0. The molecule has 0 unspecified atom stereocenters. The molecule has 1 aromatic carbocycles. The van der Waals surface area contributed by atoms with E-state index in [1.807, 2.05) is 38.1 Å². The minimum atomic E-state index is 1.10. The van der Waals surface area contributed by atoms with E-state index in [9.17, 15) is 0 Å². The molecule has 0 saturated heterocycles. The number of nitrogens with zero attached hydrogens (tertiary/aromatic N) is 3. The first-order chi connectivity index (χ1) is 9.06. The molecule has 0 bridgehead atoms. The maximum atomic E-state index is 4.49. The quantitative estimate of drug-likeness (QED) is 0.608. The van der Waals surface area contributed by atoms with Crippen LogP contribution in [0.4, 0.5) is 5.69 Å². The van der Waals surface area contributed by atoms with Gasteiger partial charge in [0.15, 0.2) is 0 Å². The maximum Gasteiger partial charge on any atom is 0.211 e. The van der Waals surface area contributed by atoms with Crippen LogP contribution in [0.2, 0.25) is 0 Å². The van der Waals surface area contributed by atoms with Crippen molar-refractivity contribution >= 4 is 11.9 Å². The van der Waals surface area contributed by atoms with E-state index >= 15 is 0 Å². The van der Waals surface area contributed by atoms with Crippen molar-refractivity contribution in [3.8, 4) is 0 Å². The highest BCUT2D eigenvalue weighted by molar-refractivity contribution is 5.79. The van der Waals surface area contributed by atoms with Crippen LogP contribution in [0.1, 0.15) is 16.8 Å². The molecular weight excluding hydrogens is 234 g/mol. The van der Waals surface area contributed by atoms with Crippen molar-refractivity contribution in [1.82, 2.24) is 0 Å². The van der Waals surface area contributed by atoms with E-state index in [-0.39, 0.29) is 0 Å². The molecule has 0 saturated carbocycles. The van der Waals surface area contributed by atoms with Crippen LogP contribution in [0.25, 0.3) is 0 Å². The lowest BCUT2D eigenvalue weighted by Crippen LogP contribution is -2.31. The summed E-state index contributed by atoms with van der Waals surface area (Å²) < 4.78 is 1.90. The maximum absolute atomic E-state index is 4.49. The third-order valence-electron chi connectivity index (χ3n) is 3.02. The van der Waals surface area contributed by atoms with E-state index in [0.29, 0.717) is 0 Å². The predicted octanol–water partition coefficient (Wildman–Crippen LogP) is 2.54. The van der Waals surface area contributed by atoms with Gasteiger partial charge in [0.05, 0.1) is 0 Å². The Morgan fingerprint density at radius 2 is 1.68 bits per heavy atom. The minimum absolute atomic E-state index is 1.10. The van der Waals surface area contributed by atoms with Crippen LogP contribution in [0.3, 0.4) is 0 Å². The minimum Gasteiger partial charge on any atom is -0.378 e. The summed E-state index contributed by atoms with van der Waals surface area (Å²) in [6, 6.07) is 12.5. The summed E-state index contributed by atoms with van der Waals surface area (Å²) in [7, 11) is 4.07. The van der Waals surface area contributed by atoms with Gasteiger partial charge in [-0.05, 0) is 35.8 Å². The smallest absolute Gasteiger partial charge is 0.211 e. The summed E-state index contributed by atoms with van der Waals surface area (Å²) in [6.45, 7) is 4.11. The Morgan fingerprint density at radius 1 is 1.00 bits per heavy atom. The van der Waals surface area contributed by atoms with Gasteiger partial charge in [0.1, 0.15) is 6.21 Å². The molecule has 2 aromatic rings. The molecule has 0 N–H and O–H groups in total. The molecule has 0 spiro atoms. The second-order valence-corrected chi connectivity index (χ2v) is 4.92. The zero-order valence-electron chi connectivity index (χ0n) is 12.0. The van der Waals surface area contributed by atoms with Crippen molar-refractivity contribution in [2.45, 2.75) is 13.8 Å². The monoisotopic (exact) mass is 254 g/mol. The highest BCUT2D eigenvalue weighted by atomic mass is 15.3. The Morgan fingerprint density at radius 3 is 2.32 bits per heavy atom. The highest BCUT2D eigenvalue weighted by Crippen LogP contribution is 2.10. The molecule has 3 heteroatoms. The average molecular weight is 254 g/mol. The van der Waals surface area contributed by atoms with Gasteiger partial charge < -0.3 is 4.90 Å². The molecular formula is C16H20N3+. The van der Waals surface area contributed by atoms with E-state index in [4.69, 9.17) is 0 Å². The molecule has 2 rings (SSSR count). The molecule has 0 amide bonds. The van der Waals surface area contributed by atoms with Crippen molar-refractivity contribution < 1.29 is 4.68 Å². The Kier molecular flexibility index (Phi) is 3.95. The number of rotatable bonds is 3. The van der Waals surface area contributed by atoms with E-state index in [2.05, 4.69) is 53.3 Å². The van der Waals surface area contributed by atoms with Gasteiger partial charge in [0.25, 0.3) is 0 Å². The van der Waals surface area contributed by atoms with Gasteiger partial charge in [0, 0.05) is 38.3 Å². The van der Waals surface area contributed by atoms with Gasteiger partial charge >= 0.3 is 0 Å². The second kappa shape index (κ2) is 5.65. The Bertz CT molecular complexity index is 583. The van der Waals surface area contributed by atoms with Crippen molar-refractivity contribution in [2.75, 3.05) is 19.0 Å². The van der Waals surface area contributed by atoms with Gasteiger partial charge in [-0.25, -0.2) is 0 Å². The zero-order chi connectivity index (χ0) is 13.8. The third-order valence-corrected chi connectivity index (χ3v) is 3.02. The molecule has 0 radical (unpaired) electrons. The number of aryl methyl sites for hydroxylation is 2. The zero-order valence-corrected chi connectivity index (χ0v) is 12.0. The van der Waals surface area contributed by atoms with Crippen LogP contribution in [-0.2, 0) is 0 Å². The Labute approximate surface area is 114 Å².